The first kappa shape index (κ1) is 15.3. The second-order valence-electron chi connectivity index (χ2n) is 6.04. The third kappa shape index (κ3) is 2.70. The number of aromatic nitrogens is 1. The molecule has 1 aliphatic heterocycles. The van der Waals surface area contributed by atoms with E-state index in [1.807, 2.05) is 42.5 Å². The highest BCUT2D eigenvalue weighted by atomic mass is 32.1. The summed E-state index contributed by atoms with van der Waals surface area (Å²) in [6.07, 6.45) is 1.83. The first-order valence-electron chi connectivity index (χ1n) is 8.14. The normalized spacial score (nSPS) is 17.5. The lowest BCUT2D eigenvalue weighted by Crippen LogP contribution is -2.37. The van der Waals surface area contributed by atoms with Gasteiger partial charge < -0.3 is 10.0 Å². The number of carbonyl (C=O) groups is 1. The molecule has 0 radical (unpaired) electrons. The number of thiazole rings is 1. The van der Waals surface area contributed by atoms with Gasteiger partial charge in [0.1, 0.15) is 5.01 Å². The van der Waals surface area contributed by atoms with Gasteiger partial charge in [-0.1, -0.05) is 24.3 Å². The first-order valence-corrected chi connectivity index (χ1v) is 8.96. The van der Waals surface area contributed by atoms with Gasteiger partial charge in [0.25, 0.3) is 5.91 Å². The summed E-state index contributed by atoms with van der Waals surface area (Å²) in [5.74, 6) is -0.00508. The molecule has 1 amide bonds. The molecule has 2 aromatic carbocycles. The molecular formula is C19H18N2O2S. The number of rotatable bonds is 3. The monoisotopic (exact) mass is 338 g/mol. The van der Waals surface area contributed by atoms with Crippen molar-refractivity contribution < 1.29 is 9.90 Å². The lowest BCUT2D eigenvalue weighted by atomic mass is 10.1. The van der Waals surface area contributed by atoms with E-state index in [2.05, 4.69) is 11.1 Å². The quantitative estimate of drug-likeness (QED) is 0.794. The molecule has 0 unspecified atom stereocenters. The summed E-state index contributed by atoms with van der Waals surface area (Å²) in [5, 5.41) is 10.4. The Bertz CT molecular complexity index is 857. The van der Waals surface area contributed by atoms with E-state index in [0.29, 0.717) is 5.56 Å². The van der Waals surface area contributed by atoms with E-state index in [9.17, 15) is 9.90 Å². The standard InChI is InChI=1S/C19H18N2O2S/c22-12-15-7-4-10-21(15)19(23)14-6-3-5-13(11-14)18-20-16-8-1-2-9-17(16)24-18/h1-3,5-6,8-9,11,15,22H,4,7,10,12H2/t15-/m0/s1. The molecule has 122 valence electrons. The van der Waals surface area contributed by atoms with Crippen LogP contribution in [0.5, 0.6) is 0 Å². The van der Waals surface area contributed by atoms with Crippen LogP contribution in [-0.4, -0.2) is 40.1 Å². The number of carbonyl (C=O) groups excluding carboxylic acids is 1. The van der Waals surface area contributed by atoms with Gasteiger partial charge in [-0.3, -0.25) is 4.79 Å². The zero-order chi connectivity index (χ0) is 16.5. The molecule has 4 nitrogen and oxygen atoms in total. The Kier molecular flexibility index (Phi) is 4.04. The van der Waals surface area contributed by atoms with E-state index in [0.717, 1.165) is 40.2 Å². The van der Waals surface area contributed by atoms with Crippen LogP contribution in [0.25, 0.3) is 20.8 Å². The van der Waals surface area contributed by atoms with Gasteiger partial charge in [-0.2, -0.15) is 0 Å². The van der Waals surface area contributed by atoms with Crippen molar-refractivity contribution in [1.82, 2.24) is 9.88 Å². The predicted octanol–water partition coefficient (Wildman–Crippen LogP) is 3.56. The minimum absolute atomic E-state index is 0.00508. The summed E-state index contributed by atoms with van der Waals surface area (Å²) in [6, 6.07) is 15.6. The van der Waals surface area contributed by atoms with Crippen LogP contribution in [-0.2, 0) is 0 Å². The van der Waals surface area contributed by atoms with Crippen molar-refractivity contribution in [2.24, 2.45) is 0 Å². The lowest BCUT2D eigenvalue weighted by Gasteiger charge is -2.23. The highest BCUT2D eigenvalue weighted by Gasteiger charge is 2.28. The molecule has 5 heteroatoms. The van der Waals surface area contributed by atoms with Crippen molar-refractivity contribution in [3.05, 3.63) is 54.1 Å². The fourth-order valence-corrected chi connectivity index (χ4v) is 4.20. The average Bonchev–Trinajstić information content (AvgIpc) is 3.27. The molecule has 0 aliphatic carbocycles. The van der Waals surface area contributed by atoms with Gasteiger partial charge in [0.05, 0.1) is 22.9 Å². The van der Waals surface area contributed by atoms with E-state index < -0.39 is 0 Å². The van der Waals surface area contributed by atoms with Crippen LogP contribution in [0.15, 0.2) is 48.5 Å². The van der Waals surface area contributed by atoms with E-state index in [-0.39, 0.29) is 18.6 Å². The molecule has 1 aromatic heterocycles. The summed E-state index contributed by atoms with van der Waals surface area (Å²) < 4.78 is 1.14. The fourth-order valence-electron chi connectivity index (χ4n) is 3.24. The van der Waals surface area contributed by atoms with Crippen LogP contribution in [0.4, 0.5) is 0 Å². The number of aliphatic hydroxyl groups is 1. The molecule has 3 aromatic rings. The zero-order valence-corrected chi connectivity index (χ0v) is 14.0. The van der Waals surface area contributed by atoms with Crippen molar-refractivity contribution in [2.75, 3.05) is 13.2 Å². The van der Waals surface area contributed by atoms with Gasteiger partial charge in [0.2, 0.25) is 0 Å². The number of amides is 1. The minimum Gasteiger partial charge on any atom is -0.394 e. The topological polar surface area (TPSA) is 53.4 Å². The van der Waals surface area contributed by atoms with Gasteiger partial charge >= 0.3 is 0 Å². The van der Waals surface area contributed by atoms with Gasteiger partial charge in [0, 0.05) is 17.7 Å². The van der Waals surface area contributed by atoms with Gasteiger partial charge in [-0.05, 0) is 37.1 Å². The molecule has 1 saturated heterocycles. The average molecular weight is 338 g/mol. The second-order valence-corrected chi connectivity index (χ2v) is 7.08. The fraction of sp³-hybridized carbons (Fsp3) is 0.263. The Balaban J connectivity index is 1.67. The van der Waals surface area contributed by atoms with Gasteiger partial charge in [0.15, 0.2) is 0 Å². The molecule has 1 N–H and O–H groups in total. The van der Waals surface area contributed by atoms with Crippen molar-refractivity contribution in [3.63, 3.8) is 0 Å². The number of hydrogen-bond acceptors (Lipinski definition) is 4. The maximum absolute atomic E-state index is 12.8. The molecule has 1 atom stereocenters. The van der Waals surface area contributed by atoms with Crippen LogP contribution in [0, 0.1) is 0 Å². The Morgan fingerprint density at radius 2 is 2.12 bits per heavy atom. The third-order valence-corrected chi connectivity index (χ3v) is 5.58. The van der Waals surface area contributed by atoms with E-state index in [1.54, 1.807) is 16.2 Å². The lowest BCUT2D eigenvalue weighted by molar-refractivity contribution is 0.0677. The highest BCUT2D eigenvalue weighted by Crippen LogP contribution is 2.31. The molecule has 0 saturated carbocycles. The predicted molar refractivity (Wildman–Crippen MR) is 96.2 cm³/mol. The maximum atomic E-state index is 12.8. The van der Waals surface area contributed by atoms with Crippen LogP contribution < -0.4 is 0 Å². The Morgan fingerprint density at radius 3 is 2.96 bits per heavy atom. The van der Waals surface area contributed by atoms with Crippen molar-refractivity contribution >= 4 is 27.5 Å². The zero-order valence-electron chi connectivity index (χ0n) is 13.2. The highest BCUT2D eigenvalue weighted by molar-refractivity contribution is 7.21. The molecule has 1 fully saturated rings. The van der Waals surface area contributed by atoms with E-state index >= 15 is 0 Å². The van der Waals surface area contributed by atoms with Crippen LogP contribution in [0.3, 0.4) is 0 Å². The number of para-hydroxylation sites is 1. The summed E-state index contributed by atoms with van der Waals surface area (Å²) in [7, 11) is 0. The number of hydrogen-bond donors (Lipinski definition) is 1. The molecular weight excluding hydrogens is 320 g/mol. The summed E-state index contributed by atoms with van der Waals surface area (Å²) in [5.41, 5.74) is 2.60. The summed E-state index contributed by atoms with van der Waals surface area (Å²) >= 11 is 1.63. The van der Waals surface area contributed by atoms with Gasteiger partial charge in [-0.25, -0.2) is 4.98 Å². The number of fused-ring (bicyclic) bond motifs is 1. The number of aliphatic hydroxyl groups excluding tert-OH is 1. The van der Waals surface area contributed by atoms with Crippen molar-refractivity contribution in [1.29, 1.82) is 0 Å². The number of nitrogens with zero attached hydrogens (tertiary/aromatic N) is 2. The minimum atomic E-state index is -0.0522. The van der Waals surface area contributed by atoms with Crippen LogP contribution in [0.1, 0.15) is 23.2 Å². The smallest absolute Gasteiger partial charge is 0.254 e. The Morgan fingerprint density at radius 1 is 1.25 bits per heavy atom. The molecule has 4 rings (SSSR count). The van der Waals surface area contributed by atoms with Crippen molar-refractivity contribution in [2.45, 2.75) is 18.9 Å². The first-order chi connectivity index (χ1) is 11.8. The largest absolute Gasteiger partial charge is 0.394 e. The molecule has 24 heavy (non-hydrogen) atoms. The van der Waals surface area contributed by atoms with Crippen molar-refractivity contribution in [3.8, 4) is 10.6 Å². The number of likely N-dealkylation sites (tertiary alicyclic amines) is 1. The van der Waals surface area contributed by atoms with Crippen LogP contribution in [0.2, 0.25) is 0 Å². The molecule has 1 aliphatic rings. The summed E-state index contributed by atoms with van der Waals surface area (Å²) in [6.45, 7) is 0.749. The molecule has 2 heterocycles. The Labute approximate surface area is 144 Å². The SMILES string of the molecule is O=C(c1cccc(-c2nc3ccccc3s2)c1)N1CCC[C@H]1CO. The van der Waals surface area contributed by atoms with Crippen LogP contribution >= 0.6 is 11.3 Å². The Hall–Kier alpha value is -2.24. The molecule has 0 bridgehead atoms. The summed E-state index contributed by atoms with van der Waals surface area (Å²) in [4.78, 5) is 19.2. The van der Waals surface area contributed by atoms with E-state index in [4.69, 9.17) is 0 Å². The van der Waals surface area contributed by atoms with E-state index in [1.165, 1.54) is 0 Å². The second kappa shape index (κ2) is 6.34. The van der Waals surface area contributed by atoms with Gasteiger partial charge in [-0.15, -0.1) is 11.3 Å². The maximum Gasteiger partial charge on any atom is 0.254 e. The third-order valence-electron chi connectivity index (χ3n) is 4.50. The molecule has 0 spiro atoms. The number of benzene rings is 2.